The van der Waals surface area contributed by atoms with Crippen molar-refractivity contribution < 1.29 is 23.8 Å². The average Bonchev–Trinajstić information content (AvgIpc) is 3.08. The van der Waals surface area contributed by atoms with Crippen molar-refractivity contribution in [3.63, 3.8) is 0 Å². The Hall–Kier alpha value is -3.36. The lowest BCUT2D eigenvalue weighted by Gasteiger charge is -2.28. The molecule has 180 valence electrons. The molecule has 4 rings (SSSR count). The molecule has 8 nitrogen and oxygen atoms in total. The molecule has 0 bridgehead atoms. The number of hydrogen-bond donors (Lipinski definition) is 1. The SMILES string of the molecule is COc1ccc(NC2=C(c3ccc(C)c(C)c3)C(=O)N(CCN3CCOCC3)C2=O)cc1OC. The van der Waals surface area contributed by atoms with Gasteiger partial charge in [0.05, 0.1) is 33.0 Å². The predicted octanol–water partition coefficient (Wildman–Crippen LogP) is 2.84. The minimum atomic E-state index is -0.332. The Labute approximate surface area is 200 Å². The van der Waals surface area contributed by atoms with Crippen molar-refractivity contribution in [2.75, 3.05) is 58.9 Å². The van der Waals surface area contributed by atoms with Crippen molar-refractivity contribution >= 4 is 23.1 Å². The van der Waals surface area contributed by atoms with Crippen molar-refractivity contribution in [2.24, 2.45) is 0 Å². The Bertz CT molecular complexity index is 1120. The van der Waals surface area contributed by atoms with E-state index in [0.29, 0.717) is 49.1 Å². The topological polar surface area (TPSA) is 80.3 Å². The number of methoxy groups -OCH3 is 2. The van der Waals surface area contributed by atoms with Crippen LogP contribution in [0.3, 0.4) is 0 Å². The lowest BCUT2D eigenvalue weighted by molar-refractivity contribution is -0.137. The molecule has 0 unspecified atom stereocenters. The summed E-state index contributed by atoms with van der Waals surface area (Å²) in [7, 11) is 3.12. The number of carbonyl (C=O) groups excluding carboxylic acids is 2. The highest BCUT2D eigenvalue weighted by atomic mass is 16.5. The van der Waals surface area contributed by atoms with Gasteiger partial charge in [-0.05, 0) is 42.7 Å². The lowest BCUT2D eigenvalue weighted by atomic mass is 9.99. The number of hydrogen-bond acceptors (Lipinski definition) is 7. The molecule has 0 aliphatic carbocycles. The third-order valence-corrected chi connectivity index (χ3v) is 6.36. The van der Waals surface area contributed by atoms with Gasteiger partial charge in [0, 0.05) is 37.9 Å². The maximum atomic E-state index is 13.5. The molecular formula is C26H31N3O5. The molecule has 1 N–H and O–H groups in total. The molecule has 2 aliphatic rings. The molecule has 0 spiro atoms. The van der Waals surface area contributed by atoms with E-state index in [0.717, 1.165) is 29.8 Å². The fourth-order valence-corrected chi connectivity index (χ4v) is 4.18. The highest BCUT2D eigenvalue weighted by Crippen LogP contribution is 2.34. The summed E-state index contributed by atoms with van der Waals surface area (Å²) < 4.78 is 16.1. The largest absolute Gasteiger partial charge is 0.493 e. The van der Waals surface area contributed by atoms with Crippen molar-refractivity contribution in [1.82, 2.24) is 9.80 Å². The van der Waals surface area contributed by atoms with Gasteiger partial charge in [-0.1, -0.05) is 18.2 Å². The standard InChI is InChI=1S/C26H31N3O5/c1-17-5-6-19(15-18(17)2)23-24(27-20-7-8-21(32-3)22(16-20)33-4)26(31)29(25(23)30)10-9-28-11-13-34-14-12-28/h5-8,15-16,27H,9-14H2,1-4H3. The average molecular weight is 466 g/mol. The zero-order valence-corrected chi connectivity index (χ0v) is 20.1. The van der Waals surface area contributed by atoms with Crippen LogP contribution in [0.5, 0.6) is 11.5 Å². The number of rotatable bonds is 8. The fourth-order valence-electron chi connectivity index (χ4n) is 4.18. The molecule has 2 aliphatic heterocycles. The minimum Gasteiger partial charge on any atom is -0.493 e. The van der Waals surface area contributed by atoms with Crippen LogP contribution in [0.2, 0.25) is 0 Å². The fraction of sp³-hybridized carbons (Fsp3) is 0.385. The Morgan fingerprint density at radius 1 is 0.882 bits per heavy atom. The quantitative estimate of drug-likeness (QED) is 0.601. The first-order valence-electron chi connectivity index (χ1n) is 11.4. The highest BCUT2D eigenvalue weighted by molar-refractivity contribution is 6.36. The molecule has 0 radical (unpaired) electrons. The van der Waals surface area contributed by atoms with Crippen molar-refractivity contribution in [3.05, 3.63) is 58.8 Å². The number of imide groups is 1. The second-order valence-corrected chi connectivity index (χ2v) is 8.46. The number of morpholine rings is 1. The first-order chi connectivity index (χ1) is 16.4. The molecule has 1 saturated heterocycles. The summed E-state index contributed by atoms with van der Waals surface area (Å²) in [6, 6.07) is 11.1. The van der Waals surface area contributed by atoms with Crippen LogP contribution in [0.25, 0.3) is 5.57 Å². The summed E-state index contributed by atoms with van der Waals surface area (Å²) in [6.45, 7) is 7.88. The van der Waals surface area contributed by atoms with Crippen LogP contribution < -0.4 is 14.8 Å². The summed E-state index contributed by atoms with van der Waals surface area (Å²) in [6.07, 6.45) is 0. The van der Waals surface area contributed by atoms with E-state index in [2.05, 4.69) is 10.2 Å². The monoisotopic (exact) mass is 465 g/mol. The molecule has 2 aromatic rings. The summed E-state index contributed by atoms with van der Waals surface area (Å²) in [4.78, 5) is 30.6. The smallest absolute Gasteiger partial charge is 0.278 e. The first kappa shape index (κ1) is 23.8. The van der Waals surface area contributed by atoms with E-state index < -0.39 is 0 Å². The number of carbonyl (C=O) groups is 2. The third-order valence-electron chi connectivity index (χ3n) is 6.36. The summed E-state index contributed by atoms with van der Waals surface area (Å²) >= 11 is 0. The predicted molar refractivity (Wildman–Crippen MR) is 130 cm³/mol. The van der Waals surface area contributed by atoms with Gasteiger partial charge in [-0.2, -0.15) is 0 Å². The number of nitrogens with zero attached hydrogens (tertiary/aromatic N) is 2. The van der Waals surface area contributed by atoms with E-state index >= 15 is 0 Å². The zero-order chi connectivity index (χ0) is 24.2. The molecule has 2 amide bonds. The number of aryl methyl sites for hydroxylation is 2. The normalized spacial score (nSPS) is 16.9. The first-order valence-corrected chi connectivity index (χ1v) is 11.4. The molecule has 0 aromatic heterocycles. The van der Waals surface area contributed by atoms with E-state index in [9.17, 15) is 9.59 Å². The maximum absolute atomic E-state index is 13.5. The van der Waals surface area contributed by atoms with Gasteiger partial charge in [0.2, 0.25) is 0 Å². The highest BCUT2D eigenvalue weighted by Gasteiger charge is 2.39. The molecule has 2 aromatic carbocycles. The second kappa shape index (κ2) is 10.3. The van der Waals surface area contributed by atoms with Gasteiger partial charge in [-0.15, -0.1) is 0 Å². The van der Waals surface area contributed by atoms with Gasteiger partial charge < -0.3 is 19.5 Å². The molecule has 1 fully saturated rings. The molecule has 8 heteroatoms. The van der Waals surface area contributed by atoms with E-state index in [1.807, 2.05) is 32.0 Å². The van der Waals surface area contributed by atoms with E-state index in [-0.39, 0.29) is 17.5 Å². The lowest BCUT2D eigenvalue weighted by Crippen LogP contribution is -2.43. The molecule has 34 heavy (non-hydrogen) atoms. The summed E-state index contributed by atoms with van der Waals surface area (Å²) in [5.41, 5.74) is 4.18. The Balaban J connectivity index is 1.67. The van der Waals surface area contributed by atoms with Crippen molar-refractivity contribution in [2.45, 2.75) is 13.8 Å². The van der Waals surface area contributed by atoms with E-state index in [1.54, 1.807) is 32.4 Å². The summed E-state index contributed by atoms with van der Waals surface area (Å²) in [5, 5.41) is 3.20. The van der Waals surface area contributed by atoms with Crippen LogP contribution in [0, 0.1) is 13.8 Å². The van der Waals surface area contributed by atoms with Crippen LogP contribution in [0.15, 0.2) is 42.1 Å². The Morgan fingerprint density at radius 3 is 2.29 bits per heavy atom. The molecule has 2 heterocycles. The maximum Gasteiger partial charge on any atom is 0.278 e. The van der Waals surface area contributed by atoms with Gasteiger partial charge in [-0.3, -0.25) is 19.4 Å². The van der Waals surface area contributed by atoms with Gasteiger partial charge in [0.15, 0.2) is 11.5 Å². The molecule has 0 saturated carbocycles. The number of anilines is 1. The zero-order valence-electron chi connectivity index (χ0n) is 20.1. The Morgan fingerprint density at radius 2 is 1.62 bits per heavy atom. The number of benzene rings is 2. The van der Waals surface area contributed by atoms with Crippen LogP contribution in [0.1, 0.15) is 16.7 Å². The van der Waals surface area contributed by atoms with Gasteiger partial charge in [0.25, 0.3) is 11.8 Å². The van der Waals surface area contributed by atoms with E-state index in [1.165, 1.54) is 4.90 Å². The number of nitrogens with one attached hydrogen (secondary N) is 1. The van der Waals surface area contributed by atoms with Crippen LogP contribution >= 0.6 is 0 Å². The van der Waals surface area contributed by atoms with Crippen LogP contribution in [-0.4, -0.2) is 75.2 Å². The number of amides is 2. The second-order valence-electron chi connectivity index (χ2n) is 8.46. The van der Waals surface area contributed by atoms with E-state index in [4.69, 9.17) is 14.2 Å². The molecule has 0 atom stereocenters. The number of ether oxygens (including phenoxy) is 3. The Kier molecular flexibility index (Phi) is 7.19. The minimum absolute atomic E-state index is 0.266. The van der Waals surface area contributed by atoms with Gasteiger partial charge in [-0.25, -0.2) is 0 Å². The van der Waals surface area contributed by atoms with Crippen molar-refractivity contribution in [1.29, 1.82) is 0 Å². The van der Waals surface area contributed by atoms with Gasteiger partial charge in [0.1, 0.15) is 5.70 Å². The van der Waals surface area contributed by atoms with Gasteiger partial charge >= 0.3 is 0 Å². The molecular weight excluding hydrogens is 434 g/mol. The third kappa shape index (κ3) is 4.78. The summed E-state index contributed by atoms with van der Waals surface area (Å²) in [5.74, 6) is 0.491. The van der Waals surface area contributed by atoms with Crippen molar-refractivity contribution in [3.8, 4) is 11.5 Å². The van der Waals surface area contributed by atoms with Crippen LogP contribution in [-0.2, 0) is 14.3 Å². The van der Waals surface area contributed by atoms with Crippen LogP contribution in [0.4, 0.5) is 5.69 Å².